The van der Waals surface area contributed by atoms with Gasteiger partial charge in [-0.15, -0.1) is 0 Å². The van der Waals surface area contributed by atoms with Gasteiger partial charge in [0.2, 0.25) is 5.91 Å². The first-order chi connectivity index (χ1) is 10.0. The molecule has 7 heteroatoms. The molecule has 2 rings (SSSR count). The van der Waals surface area contributed by atoms with Gasteiger partial charge in [-0.2, -0.15) is 0 Å². The SMILES string of the molecule is CC(C)c1c(NN)ncnc1N1CCC(CC(N)=O)CC1. The molecule has 5 N–H and O–H groups in total. The number of amides is 1. The Bertz CT molecular complexity index is 496. The van der Waals surface area contributed by atoms with Crippen molar-refractivity contribution in [1.82, 2.24) is 9.97 Å². The van der Waals surface area contributed by atoms with E-state index in [0.717, 1.165) is 37.3 Å². The lowest BCUT2D eigenvalue weighted by Crippen LogP contribution is -2.36. The van der Waals surface area contributed by atoms with Crippen molar-refractivity contribution in [2.45, 2.75) is 39.0 Å². The Morgan fingerprint density at radius 1 is 1.43 bits per heavy atom. The van der Waals surface area contributed by atoms with Gasteiger partial charge in [0, 0.05) is 25.1 Å². The maximum Gasteiger partial charge on any atom is 0.217 e. The van der Waals surface area contributed by atoms with Crippen molar-refractivity contribution in [2.75, 3.05) is 23.4 Å². The van der Waals surface area contributed by atoms with Crippen LogP contribution in [0.25, 0.3) is 0 Å². The third-order valence-electron chi connectivity index (χ3n) is 3.98. The van der Waals surface area contributed by atoms with E-state index in [4.69, 9.17) is 11.6 Å². The van der Waals surface area contributed by atoms with Gasteiger partial charge >= 0.3 is 0 Å². The highest BCUT2D eigenvalue weighted by atomic mass is 16.1. The number of anilines is 2. The fourth-order valence-electron chi connectivity index (χ4n) is 2.92. The first kappa shape index (κ1) is 15.5. The molecule has 1 saturated heterocycles. The molecule has 7 nitrogen and oxygen atoms in total. The number of hydrogen-bond donors (Lipinski definition) is 3. The monoisotopic (exact) mass is 292 g/mol. The van der Waals surface area contributed by atoms with Gasteiger partial charge in [0.15, 0.2) is 0 Å². The van der Waals surface area contributed by atoms with E-state index >= 15 is 0 Å². The number of nitrogens with one attached hydrogen (secondary N) is 1. The summed E-state index contributed by atoms with van der Waals surface area (Å²) in [4.78, 5) is 21.9. The second-order valence-electron chi connectivity index (χ2n) is 5.86. The molecule has 1 amide bonds. The molecule has 0 aromatic carbocycles. The summed E-state index contributed by atoms with van der Waals surface area (Å²) in [5.41, 5.74) is 8.96. The summed E-state index contributed by atoms with van der Waals surface area (Å²) < 4.78 is 0. The van der Waals surface area contributed by atoms with Crippen molar-refractivity contribution >= 4 is 17.5 Å². The third-order valence-corrected chi connectivity index (χ3v) is 3.98. The van der Waals surface area contributed by atoms with Crippen molar-refractivity contribution in [3.05, 3.63) is 11.9 Å². The summed E-state index contributed by atoms with van der Waals surface area (Å²) in [7, 11) is 0. The number of aromatic nitrogens is 2. The number of piperidine rings is 1. The Morgan fingerprint density at radius 2 is 2.10 bits per heavy atom. The van der Waals surface area contributed by atoms with Crippen LogP contribution in [0.3, 0.4) is 0 Å². The second-order valence-corrected chi connectivity index (χ2v) is 5.86. The molecule has 2 heterocycles. The Morgan fingerprint density at radius 3 is 2.62 bits per heavy atom. The summed E-state index contributed by atoms with van der Waals surface area (Å²) >= 11 is 0. The van der Waals surface area contributed by atoms with Crippen molar-refractivity contribution in [3.8, 4) is 0 Å². The van der Waals surface area contributed by atoms with Gasteiger partial charge in [0.05, 0.1) is 0 Å². The molecule has 0 aliphatic carbocycles. The maximum atomic E-state index is 11.0. The molecule has 1 aliphatic heterocycles. The highest BCUT2D eigenvalue weighted by Gasteiger charge is 2.25. The number of carbonyl (C=O) groups is 1. The molecule has 116 valence electrons. The van der Waals surface area contributed by atoms with Crippen molar-refractivity contribution in [1.29, 1.82) is 0 Å². The van der Waals surface area contributed by atoms with Gasteiger partial charge < -0.3 is 16.1 Å². The van der Waals surface area contributed by atoms with E-state index < -0.39 is 0 Å². The second kappa shape index (κ2) is 6.71. The number of rotatable bonds is 5. The topological polar surface area (TPSA) is 110 Å². The van der Waals surface area contributed by atoms with E-state index in [9.17, 15) is 4.79 Å². The molecule has 0 spiro atoms. The number of primary amides is 1. The van der Waals surface area contributed by atoms with Gasteiger partial charge in [0.25, 0.3) is 0 Å². The molecule has 0 saturated carbocycles. The largest absolute Gasteiger partial charge is 0.370 e. The summed E-state index contributed by atoms with van der Waals surface area (Å²) in [5, 5.41) is 0. The predicted molar refractivity (Wildman–Crippen MR) is 82.7 cm³/mol. The summed E-state index contributed by atoms with van der Waals surface area (Å²) in [6, 6.07) is 0. The summed E-state index contributed by atoms with van der Waals surface area (Å²) in [6.07, 6.45) is 3.92. The molecule has 0 atom stereocenters. The van der Waals surface area contributed by atoms with E-state index in [-0.39, 0.29) is 11.8 Å². The van der Waals surface area contributed by atoms with Crippen LogP contribution in [0.5, 0.6) is 0 Å². The fraction of sp³-hybridized carbons (Fsp3) is 0.643. The molecular weight excluding hydrogens is 268 g/mol. The number of hydrazine groups is 1. The van der Waals surface area contributed by atoms with Crippen LogP contribution >= 0.6 is 0 Å². The third kappa shape index (κ3) is 3.60. The minimum atomic E-state index is -0.215. The molecule has 0 radical (unpaired) electrons. The fourth-order valence-corrected chi connectivity index (χ4v) is 2.92. The standard InChI is InChI=1S/C14H24N6O/c1-9(2)12-13(19-16)17-8-18-14(12)20-5-3-10(4-6-20)7-11(15)21/h8-10H,3-7,16H2,1-2H3,(H2,15,21)(H,17,18,19). The highest BCUT2D eigenvalue weighted by Crippen LogP contribution is 2.33. The average molecular weight is 292 g/mol. The molecule has 0 bridgehead atoms. The number of nitrogens with two attached hydrogens (primary N) is 2. The van der Waals surface area contributed by atoms with Crippen molar-refractivity contribution < 1.29 is 4.79 Å². The molecular formula is C14H24N6O. The minimum absolute atomic E-state index is 0.215. The number of nitrogen functional groups attached to an aromatic ring is 1. The maximum absolute atomic E-state index is 11.0. The van der Waals surface area contributed by atoms with Crippen LogP contribution in [0.2, 0.25) is 0 Å². The van der Waals surface area contributed by atoms with Gasteiger partial charge in [-0.1, -0.05) is 13.8 Å². The first-order valence-electron chi connectivity index (χ1n) is 7.37. The van der Waals surface area contributed by atoms with E-state index in [0.29, 0.717) is 18.2 Å². The quantitative estimate of drug-likeness (QED) is 0.551. The van der Waals surface area contributed by atoms with E-state index in [2.05, 4.69) is 34.1 Å². The number of carbonyl (C=O) groups excluding carboxylic acids is 1. The van der Waals surface area contributed by atoms with Crippen LogP contribution in [-0.4, -0.2) is 29.0 Å². The Balaban J connectivity index is 2.15. The zero-order chi connectivity index (χ0) is 15.4. The minimum Gasteiger partial charge on any atom is -0.370 e. The average Bonchev–Trinajstić information content (AvgIpc) is 2.46. The van der Waals surface area contributed by atoms with E-state index in [1.54, 1.807) is 0 Å². The summed E-state index contributed by atoms with van der Waals surface area (Å²) in [5.74, 6) is 7.61. The Labute approximate surface area is 125 Å². The highest BCUT2D eigenvalue weighted by molar-refractivity contribution is 5.74. The van der Waals surface area contributed by atoms with Crippen molar-refractivity contribution in [2.24, 2.45) is 17.5 Å². The molecule has 1 aliphatic rings. The van der Waals surface area contributed by atoms with Gasteiger partial charge in [0.1, 0.15) is 18.0 Å². The van der Waals surface area contributed by atoms with Crippen LogP contribution in [-0.2, 0) is 4.79 Å². The van der Waals surface area contributed by atoms with E-state index in [1.165, 1.54) is 6.33 Å². The molecule has 1 fully saturated rings. The molecule has 1 aromatic heterocycles. The lowest BCUT2D eigenvalue weighted by molar-refractivity contribution is -0.119. The van der Waals surface area contributed by atoms with Crippen LogP contribution in [0.15, 0.2) is 6.33 Å². The zero-order valence-electron chi connectivity index (χ0n) is 12.7. The zero-order valence-corrected chi connectivity index (χ0v) is 12.7. The van der Waals surface area contributed by atoms with Gasteiger partial charge in [-0.25, -0.2) is 15.8 Å². The van der Waals surface area contributed by atoms with Crippen LogP contribution in [0.1, 0.15) is 44.6 Å². The lowest BCUT2D eigenvalue weighted by atomic mass is 9.92. The molecule has 21 heavy (non-hydrogen) atoms. The van der Waals surface area contributed by atoms with Crippen LogP contribution in [0.4, 0.5) is 11.6 Å². The van der Waals surface area contributed by atoms with Crippen LogP contribution < -0.4 is 21.9 Å². The van der Waals surface area contributed by atoms with Crippen molar-refractivity contribution in [3.63, 3.8) is 0 Å². The Kier molecular flexibility index (Phi) is 4.95. The molecule has 0 unspecified atom stereocenters. The predicted octanol–water partition coefficient (Wildman–Crippen LogP) is 0.977. The molecule has 1 aromatic rings. The lowest BCUT2D eigenvalue weighted by Gasteiger charge is -2.34. The van der Waals surface area contributed by atoms with Gasteiger partial charge in [-0.05, 0) is 24.7 Å². The number of hydrogen-bond acceptors (Lipinski definition) is 6. The summed E-state index contributed by atoms with van der Waals surface area (Å²) in [6.45, 7) is 5.95. The smallest absolute Gasteiger partial charge is 0.217 e. The van der Waals surface area contributed by atoms with Gasteiger partial charge in [-0.3, -0.25) is 4.79 Å². The normalized spacial score (nSPS) is 16.3. The Hall–Kier alpha value is -1.89. The number of nitrogens with zero attached hydrogens (tertiary/aromatic N) is 3. The van der Waals surface area contributed by atoms with Crippen LogP contribution in [0, 0.1) is 5.92 Å². The van der Waals surface area contributed by atoms with E-state index in [1.807, 2.05) is 0 Å². The first-order valence-corrected chi connectivity index (χ1v) is 7.37.